The Morgan fingerprint density at radius 1 is 1.50 bits per heavy atom. The van der Waals surface area contributed by atoms with Gasteiger partial charge in [-0.3, -0.25) is 9.69 Å². The molecule has 2 heterocycles. The molecule has 0 amide bonds. The van der Waals surface area contributed by atoms with Crippen LogP contribution < -0.4 is 0 Å². The number of hydrogen-bond acceptors (Lipinski definition) is 6. The largest absolute Gasteiger partial charge is 0.481 e. The summed E-state index contributed by atoms with van der Waals surface area (Å²) in [6.45, 7) is 4.75. The van der Waals surface area contributed by atoms with Crippen molar-refractivity contribution in [1.82, 2.24) is 19.7 Å². The lowest BCUT2D eigenvalue weighted by atomic mass is 10.2. The number of thioether (sulfide) groups is 1. The molecule has 7 nitrogen and oxygen atoms in total. The molecule has 2 N–H and O–H groups in total. The van der Waals surface area contributed by atoms with Gasteiger partial charge in [-0.05, 0) is 25.9 Å². The van der Waals surface area contributed by atoms with E-state index in [4.69, 9.17) is 5.11 Å². The van der Waals surface area contributed by atoms with Gasteiger partial charge in [-0.25, -0.2) is 0 Å². The van der Waals surface area contributed by atoms with E-state index in [0.29, 0.717) is 23.6 Å². The average molecular weight is 300 g/mol. The summed E-state index contributed by atoms with van der Waals surface area (Å²) in [5.74, 6) is -0.432. The minimum Gasteiger partial charge on any atom is -0.481 e. The minimum absolute atomic E-state index is 0.0499. The van der Waals surface area contributed by atoms with E-state index in [-0.39, 0.29) is 12.4 Å². The van der Waals surface area contributed by atoms with Gasteiger partial charge in [0.15, 0.2) is 11.0 Å². The fourth-order valence-electron chi connectivity index (χ4n) is 2.58. The van der Waals surface area contributed by atoms with E-state index in [2.05, 4.69) is 22.0 Å². The van der Waals surface area contributed by atoms with Gasteiger partial charge in [0.1, 0.15) is 6.61 Å². The van der Waals surface area contributed by atoms with E-state index in [1.807, 2.05) is 4.57 Å². The molecule has 1 unspecified atom stereocenters. The van der Waals surface area contributed by atoms with E-state index in [1.165, 1.54) is 6.42 Å². The first kappa shape index (κ1) is 15.3. The number of carbonyl (C=O) groups is 1. The Labute approximate surface area is 122 Å². The number of aliphatic carboxylic acids is 1. The first-order chi connectivity index (χ1) is 9.65. The molecule has 0 saturated carbocycles. The third-order valence-corrected chi connectivity index (χ3v) is 4.51. The summed E-state index contributed by atoms with van der Waals surface area (Å²) in [6.07, 6.45) is 2.28. The SMILES string of the molecule is CCN1CCCC1Cn1c(CO)nnc1SCC(=O)O. The van der Waals surface area contributed by atoms with Crippen LogP contribution in [0.5, 0.6) is 0 Å². The number of aromatic nitrogens is 3. The van der Waals surface area contributed by atoms with E-state index in [0.717, 1.165) is 31.3 Å². The summed E-state index contributed by atoms with van der Waals surface area (Å²) >= 11 is 1.14. The van der Waals surface area contributed by atoms with E-state index in [1.54, 1.807) is 0 Å². The topological polar surface area (TPSA) is 91.5 Å². The number of carboxylic acid groups (broad SMARTS) is 1. The summed E-state index contributed by atoms with van der Waals surface area (Å²) < 4.78 is 1.85. The lowest BCUT2D eigenvalue weighted by Gasteiger charge is -2.24. The second-order valence-corrected chi connectivity index (χ2v) is 5.72. The molecule has 1 aliphatic heterocycles. The zero-order valence-corrected chi connectivity index (χ0v) is 12.3. The van der Waals surface area contributed by atoms with Crippen LogP contribution in [-0.4, -0.2) is 60.7 Å². The highest BCUT2D eigenvalue weighted by Gasteiger charge is 2.25. The molecule has 1 aliphatic rings. The molecule has 1 aromatic rings. The Morgan fingerprint density at radius 3 is 2.95 bits per heavy atom. The number of aliphatic hydroxyl groups is 1. The lowest BCUT2D eigenvalue weighted by Crippen LogP contribution is -2.33. The van der Waals surface area contributed by atoms with Crippen molar-refractivity contribution in [1.29, 1.82) is 0 Å². The Balaban J connectivity index is 2.11. The zero-order valence-electron chi connectivity index (χ0n) is 11.5. The fraction of sp³-hybridized carbons (Fsp3) is 0.750. The molecule has 0 bridgehead atoms. The van der Waals surface area contributed by atoms with Crippen molar-refractivity contribution in [2.24, 2.45) is 0 Å². The van der Waals surface area contributed by atoms with Crippen molar-refractivity contribution in [2.45, 2.75) is 44.1 Å². The highest BCUT2D eigenvalue weighted by molar-refractivity contribution is 7.99. The van der Waals surface area contributed by atoms with Crippen molar-refractivity contribution < 1.29 is 15.0 Å². The predicted octanol–water partition coefficient (Wildman–Crippen LogP) is 0.431. The predicted molar refractivity (Wildman–Crippen MR) is 74.6 cm³/mol. The maximum Gasteiger partial charge on any atom is 0.313 e. The average Bonchev–Trinajstić information content (AvgIpc) is 3.03. The Hall–Kier alpha value is -1.12. The smallest absolute Gasteiger partial charge is 0.313 e. The first-order valence-corrected chi connectivity index (χ1v) is 7.75. The maximum absolute atomic E-state index is 10.7. The number of aliphatic hydroxyl groups excluding tert-OH is 1. The summed E-state index contributed by atoms with van der Waals surface area (Å²) in [4.78, 5) is 13.1. The van der Waals surface area contributed by atoms with Gasteiger partial charge in [-0.2, -0.15) is 0 Å². The maximum atomic E-state index is 10.7. The van der Waals surface area contributed by atoms with Gasteiger partial charge in [-0.15, -0.1) is 10.2 Å². The standard InChI is InChI=1S/C12H20N4O3S/c1-2-15-5-3-4-9(15)6-16-10(7-17)13-14-12(16)20-8-11(18)19/h9,17H,2-8H2,1H3,(H,18,19). The second-order valence-electron chi connectivity index (χ2n) is 4.77. The van der Waals surface area contributed by atoms with Crippen LogP contribution in [0.2, 0.25) is 0 Å². The Bertz CT molecular complexity index is 466. The summed E-state index contributed by atoms with van der Waals surface area (Å²) in [6, 6.07) is 0.408. The number of hydrogen-bond donors (Lipinski definition) is 2. The van der Waals surface area contributed by atoms with Crippen LogP contribution in [0.15, 0.2) is 5.16 Å². The third kappa shape index (κ3) is 3.50. The van der Waals surface area contributed by atoms with Gasteiger partial charge in [0.05, 0.1) is 5.75 Å². The minimum atomic E-state index is -0.883. The van der Waals surface area contributed by atoms with Crippen LogP contribution in [0.25, 0.3) is 0 Å². The zero-order chi connectivity index (χ0) is 14.5. The quantitative estimate of drug-likeness (QED) is 0.706. The normalized spacial score (nSPS) is 19.6. The van der Waals surface area contributed by atoms with Crippen LogP contribution in [0.1, 0.15) is 25.6 Å². The molecule has 2 rings (SSSR count). The summed E-state index contributed by atoms with van der Waals surface area (Å²) in [5, 5.41) is 26.6. The molecular weight excluding hydrogens is 280 g/mol. The van der Waals surface area contributed by atoms with Crippen LogP contribution >= 0.6 is 11.8 Å². The third-order valence-electron chi connectivity index (χ3n) is 3.56. The monoisotopic (exact) mass is 300 g/mol. The molecule has 0 aliphatic carbocycles. The Morgan fingerprint density at radius 2 is 2.30 bits per heavy atom. The van der Waals surface area contributed by atoms with Gasteiger partial charge in [0.25, 0.3) is 0 Å². The molecule has 1 fully saturated rings. The second kappa shape index (κ2) is 7.05. The van der Waals surface area contributed by atoms with Gasteiger partial charge >= 0.3 is 5.97 Å². The summed E-state index contributed by atoms with van der Waals surface area (Å²) in [5.41, 5.74) is 0. The van der Waals surface area contributed by atoms with Gasteiger partial charge in [-0.1, -0.05) is 18.7 Å². The molecule has 0 spiro atoms. The first-order valence-electron chi connectivity index (χ1n) is 6.77. The molecule has 0 radical (unpaired) electrons. The number of likely N-dealkylation sites (N-methyl/N-ethyl adjacent to an activating group) is 1. The van der Waals surface area contributed by atoms with Gasteiger partial charge in [0.2, 0.25) is 0 Å². The van der Waals surface area contributed by atoms with E-state index < -0.39 is 5.97 Å². The molecule has 1 atom stereocenters. The number of rotatable bonds is 7. The van der Waals surface area contributed by atoms with Crippen LogP contribution in [0.4, 0.5) is 0 Å². The molecule has 1 aromatic heterocycles. The van der Waals surface area contributed by atoms with Crippen LogP contribution in [0.3, 0.4) is 0 Å². The summed E-state index contributed by atoms with van der Waals surface area (Å²) in [7, 11) is 0. The molecule has 1 saturated heterocycles. The fourth-order valence-corrected chi connectivity index (χ4v) is 3.27. The van der Waals surface area contributed by atoms with Crippen molar-refractivity contribution in [2.75, 3.05) is 18.8 Å². The molecule has 112 valence electrons. The highest BCUT2D eigenvalue weighted by atomic mass is 32.2. The van der Waals surface area contributed by atoms with Crippen molar-refractivity contribution in [3.8, 4) is 0 Å². The number of likely N-dealkylation sites (tertiary alicyclic amines) is 1. The van der Waals surface area contributed by atoms with Crippen molar-refractivity contribution in [3.05, 3.63) is 5.82 Å². The van der Waals surface area contributed by atoms with E-state index in [9.17, 15) is 9.90 Å². The molecule has 8 heteroatoms. The van der Waals surface area contributed by atoms with Crippen LogP contribution in [0, 0.1) is 0 Å². The van der Waals surface area contributed by atoms with Gasteiger partial charge < -0.3 is 14.8 Å². The van der Waals surface area contributed by atoms with Crippen molar-refractivity contribution in [3.63, 3.8) is 0 Å². The van der Waals surface area contributed by atoms with Crippen molar-refractivity contribution >= 4 is 17.7 Å². The number of carboxylic acids is 1. The Kier molecular flexibility index (Phi) is 5.38. The highest BCUT2D eigenvalue weighted by Crippen LogP contribution is 2.23. The molecular formula is C12H20N4O3S. The van der Waals surface area contributed by atoms with E-state index >= 15 is 0 Å². The van der Waals surface area contributed by atoms with Gasteiger partial charge in [0, 0.05) is 12.6 Å². The molecule has 20 heavy (non-hydrogen) atoms. The van der Waals surface area contributed by atoms with Crippen LogP contribution in [-0.2, 0) is 17.9 Å². The lowest BCUT2D eigenvalue weighted by molar-refractivity contribution is -0.133. The molecule has 0 aromatic carbocycles. The number of nitrogens with zero attached hydrogens (tertiary/aromatic N) is 4.